The molecule has 0 heterocycles. The fraction of sp³-hybridized carbons (Fsp3) is 0.560. The van der Waals surface area contributed by atoms with Gasteiger partial charge in [-0.15, -0.1) is 0 Å². The highest BCUT2D eigenvalue weighted by atomic mass is 16.6. The van der Waals surface area contributed by atoms with Gasteiger partial charge in [0.2, 0.25) is 5.91 Å². The topological polar surface area (TPSA) is 108 Å². The lowest BCUT2D eigenvalue weighted by Crippen LogP contribution is -2.53. The molecule has 3 atom stereocenters. The van der Waals surface area contributed by atoms with Gasteiger partial charge in [-0.2, -0.15) is 0 Å². The lowest BCUT2D eigenvalue weighted by molar-refractivity contribution is -0.139. The molecule has 0 saturated heterocycles. The van der Waals surface area contributed by atoms with Crippen molar-refractivity contribution >= 4 is 17.9 Å². The Morgan fingerprint density at radius 1 is 1.21 bits per heavy atom. The van der Waals surface area contributed by atoms with Crippen molar-refractivity contribution in [1.29, 1.82) is 0 Å². The van der Waals surface area contributed by atoms with Crippen LogP contribution >= 0.6 is 0 Å². The largest absolute Gasteiger partial charge is 0.444 e. The van der Waals surface area contributed by atoms with Gasteiger partial charge in [0.05, 0.1) is 6.61 Å². The third kappa shape index (κ3) is 8.10. The van der Waals surface area contributed by atoms with Crippen LogP contribution in [0.15, 0.2) is 18.2 Å². The first-order valence-corrected chi connectivity index (χ1v) is 11.1. The Hall–Kier alpha value is -3.05. The standard InChI is InChI=1S/C25H37N3O5/c1-9-12-17(4)26-22(30)21(19-14-11-13-16(3)18(19)5)28(10-2)23(31)20(15-29)27-24(32)33-25(6,7)8/h2,11,13-14,17,20-21,29H,9,12,15H2,1,3-8H3,(H,26,30)(H,27,32). The smallest absolute Gasteiger partial charge is 0.408 e. The number of carbonyl (C=O) groups is 3. The zero-order chi connectivity index (χ0) is 25.3. The molecular weight excluding hydrogens is 422 g/mol. The molecule has 0 bridgehead atoms. The lowest BCUT2D eigenvalue weighted by Gasteiger charge is -2.31. The Balaban J connectivity index is 3.36. The summed E-state index contributed by atoms with van der Waals surface area (Å²) >= 11 is 0. The summed E-state index contributed by atoms with van der Waals surface area (Å²) in [7, 11) is 0. The van der Waals surface area contributed by atoms with Gasteiger partial charge < -0.3 is 20.5 Å². The average molecular weight is 460 g/mol. The van der Waals surface area contributed by atoms with Crippen molar-refractivity contribution in [3.05, 3.63) is 34.9 Å². The van der Waals surface area contributed by atoms with Gasteiger partial charge in [0.1, 0.15) is 17.7 Å². The Labute approximate surface area is 197 Å². The number of hydrogen-bond acceptors (Lipinski definition) is 5. The number of alkyl carbamates (subject to hydrolysis) is 1. The monoisotopic (exact) mass is 459 g/mol. The second-order valence-electron chi connectivity index (χ2n) is 9.11. The summed E-state index contributed by atoms with van der Waals surface area (Å²) in [6.07, 6.45) is 6.46. The summed E-state index contributed by atoms with van der Waals surface area (Å²) in [5, 5.41) is 15.1. The first-order valence-electron chi connectivity index (χ1n) is 11.1. The number of carbonyl (C=O) groups excluding carboxylic acids is 3. The predicted octanol–water partition coefficient (Wildman–Crippen LogP) is 2.95. The molecule has 8 heteroatoms. The Morgan fingerprint density at radius 2 is 1.85 bits per heavy atom. The lowest BCUT2D eigenvalue weighted by atomic mass is 9.95. The number of hydrogen-bond donors (Lipinski definition) is 3. The normalized spacial score (nSPS) is 13.8. The van der Waals surface area contributed by atoms with Crippen molar-refractivity contribution in [3.8, 4) is 12.5 Å². The van der Waals surface area contributed by atoms with Gasteiger partial charge in [0.15, 0.2) is 0 Å². The van der Waals surface area contributed by atoms with Crippen LogP contribution < -0.4 is 10.6 Å². The van der Waals surface area contributed by atoms with Crippen LogP contribution in [0.3, 0.4) is 0 Å². The van der Waals surface area contributed by atoms with Gasteiger partial charge >= 0.3 is 6.09 Å². The van der Waals surface area contributed by atoms with Crippen LogP contribution in [0.1, 0.15) is 70.2 Å². The molecule has 33 heavy (non-hydrogen) atoms. The molecule has 1 aromatic carbocycles. The summed E-state index contributed by atoms with van der Waals surface area (Å²) in [6.45, 7) is 11.9. The summed E-state index contributed by atoms with van der Waals surface area (Å²) in [5.41, 5.74) is 1.52. The third-order valence-corrected chi connectivity index (χ3v) is 5.11. The van der Waals surface area contributed by atoms with Crippen molar-refractivity contribution in [1.82, 2.24) is 15.5 Å². The minimum Gasteiger partial charge on any atom is -0.444 e. The van der Waals surface area contributed by atoms with Crippen LogP contribution in [0.5, 0.6) is 0 Å². The molecule has 0 radical (unpaired) electrons. The van der Waals surface area contributed by atoms with E-state index in [2.05, 4.69) is 16.7 Å². The molecule has 3 unspecified atom stereocenters. The molecule has 0 aliphatic heterocycles. The number of nitrogens with zero attached hydrogens (tertiary/aromatic N) is 1. The number of aliphatic hydroxyl groups excluding tert-OH is 1. The van der Waals surface area contributed by atoms with Gasteiger partial charge in [-0.1, -0.05) is 38.0 Å². The van der Waals surface area contributed by atoms with E-state index in [1.807, 2.05) is 33.8 Å². The SMILES string of the molecule is C#CN(C(=O)C(CO)NC(=O)OC(C)(C)C)C(C(=O)NC(C)CCC)c1cccc(C)c1C. The van der Waals surface area contributed by atoms with Gasteiger partial charge in [0, 0.05) is 12.1 Å². The molecule has 0 spiro atoms. The highest BCUT2D eigenvalue weighted by molar-refractivity contribution is 5.93. The molecule has 3 amide bonds. The second kappa shape index (κ2) is 12.3. The van der Waals surface area contributed by atoms with Crippen LogP contribution in [0.2, 0.25) is 0 Å². The Kier molecular flexibility index (Phi) is 10.4. The zero-order valence-corrected chi connectivity index (χ0v) is 20.7. The van der Waals surface area contributed by atoms with E-state index in [0.717, 1.165) is 28.9 Å². The Morgan fingerprint density at radius 3 is 2.36 bits per heavy atom. The molecular formula is C25H37N3O5. The molecule has 1 aromatic rings. The fourth-order valence-electron chi connectivity index (χ4n) is 3.36. The molecule has 0 aliphatic rings. The maximum atomic E-state index is 13.3. The number of terminal acetylenes is 1. The van der Waals surface area contributed by atoms with Crippen molar-refractivity contribution in [3.63, 3.8) is 0 Å². The molecule has 0 saturated carbocycles. The third-order valence-electron chi connectivity index (χ3n) is 5.11. The van der Waals surface area contributed by atoms with E-state index in [1.165, 1.54) is 0 Å². The highest BCUT2D eigenvalue weighted by Gasteiger charge is 2.36. The van der Waals surface area contributed by atoms with Crippen LogP contribution in [0.4, 0.5) is 4.79 Å². The van der Waals surface area contributed by atoms with E-state index in [9.17, 15) is 19.5 Å². The Bertz CT molecular complexity index is 885. The van der Waals surface area contributed by atoms with E-state index in [0.29, 0.717) is 5.56 Å². The molecule has 182 valence electrons. The maximum Gasteiger partial charge on any atom is 0.408 e. The minimum absolute atomic E-state index is 0.127. The van der Waals surface area contributed by atoms with E-state index in [4.69, 9.17) is 11.2 Å². The van der Waals surface area contributed by atoms with Gasteiger partial charge in [-0.25, -0.2) is 4.79 Å². The predicted molar refractivity (Wildman–Crippen MR) is 127 cm³/mol. The minimum atomic E-state index is -1.38. The van der Waals surface area contributed by atoms with Gasteiger partial charge in [0.25, 0.3) is 5.91 Å². The van der Waals surface area contributed by atoms with Crippen LogP contribution in [-0.2, 0) is 14.3 Å². The van der Waals surface area contributed by atoms with Crippen molar-refractivity contribution in [2.75, 3.05) is 6.61 Å². The van der Waals surface area contributed by atoms with Crippen molar-refractivity contribution in [2.24, 2.45) is 0 Å². The van der Waals surface area contributed by atoms with Crippen LogP contribution in [-0.4, -0.2) is 52.2 Å². The van der Waals surface area contributed by atoms with Crippen molar-refractivity contribution in [2.45, 2.75) is 85.0 Å². The summed E-state index contributed by atoms with van der Waals surface area (Å²) < 4.78 is 5.18. The number of ether oxygens (including phenoxy) is 1. The summed E-state index contributed by atoms with van der Waals surface area (Å²) in [6, 6.07) is 5.06. The molecule has 3 N–H and O–H groups in total. The number of nitrogens with one attached hydrogen (secondary N) is 2. The maximum absolute atomic E-state index is 13.3. The highest BCUT2D eigenvalue weighted by Crippen LogP contribution is 2.27. The molecule has 8 nitrogen and oxygen atoms in total. The molecule has 1 rings (SSSR count). The second-order valence-corrected chi connectivity index (χ2v) is 9.11. The van der Waals surface area contributed by atoms with E-state index in [1.54, 1.807) is 32.9 Å². The van der Waals surface area contributed by atoms with E-state index >= 15 is 0 Å². The fourth-order valence-corrected chi connectivity index (χ4v) is 3.36. The quantitative estimate of drug-likeness (QED) is 0.389. The number of benzene rings is 1. The van der Waals surface area contributed by atoms with Gasteiger partial charge in [-0.3, -0.25) is 14.5 Å². The van der Waals surface area contributed by atoms with E-state index in [-0.39, 0.29) is 6.04 Å². The summed E-state index contributed by atoms with van der Waals surface area (Å²) in [4.78, 5) is 39.8. The first kappa shape index (κ1) is 28.0. The molecule has 0 aliphatic carbocycles. The van der Waals surface area contributed by atoms with Crippen LogP contribution in [0, 0.1) is 26.3 Å². The molecule has 0 fully saturated rings. The summed E-state index contributed by atoms with van der Waals surface area (Å²) in [5.74, 6) is -1.24. The number of amides is 3. The first-order chi connectivity index (χ1) is 15.4. The average Bonchev–Trinajstić information content (AvgIpc) is 2.70. The van der Waals surface area contributed by atoms with Crippen molar-refractivity contribution < 1.29 is 24.2 Å². The number of aliphatic hydroxyl groups is 1. The number of rotatable bonds is 9. The molecule has 0 aromatic heterocycles. The van der Waals surface area contributed by atoms with Gasteiger partial charge in [-0.05, 0) is 64.7 Å². The number of aryl methyl sites for hydroxylation is 1. The van der Waals surface area contributed by atoms with E-state index < -0.39 is 42.2 Å². The van der Waals surface area contributed by atoms with Crippen LogP contribution in [0.25, 0.3) is 0 Å². The zero-order valence-electron chi connectivity index (χ0n) is 20.7.